The Hall–Kier alpha value is -0.830. The minimum atomic E-state index is 0.706. The van der Waals surface area contributed by atoms with Gasteiger partial charge in [0.25, 0.3) is 0 Å². The molecule has 0 amide bonds. The molecule has 2 nitrogen and oxygen atoms in total. The highest BCUT2D eigenvalue weighted by Crippen LogP contribution is 2.15. The van der Waals surface area contributed by atoms with Gasteiger partial charge in [-0.25, -0.2) is 0 Å². The van der Waals surface area contributed by atoms with Crippen molar-refractivity contribution in [1.82, 2.24) is 0 Å². The first-order valence-corrected chi connectivity index (χ1v) is 6.33. The Morgan fingerprint density at radius 3 is 2.87 bits per heavy atom. The van der Waals surface area contributed by atoms with E-state index in [1.807, 2.05) is 36.0 Å². The van der Waals surface area contributed by atoms with Crippen LogP contribution in [0.1, 0.15) is 20.3 Å². The minimum absolute atomic E-state index is 0.706. The Morgan fingerprint density at radius 2 is 2.20 bits per heavy atom. The standard InChI is InChI=1S/C12H19NOS/c1-10(2)15-8-4-7-14-12-6-3-5-11(13)9-12/h3,5-6,9-10H,4,7-8,13H2,1-2H3. The van der Waals surface area contributed by atoms with Crippen LogP contribution in [0.3, 0.4) is 0 Å². The monoisotopic (exact) mass is 225 g/mol. The Morgan fingerprint density at radius 1 is 1.40 bits per heavy atom. The number of anilines is 1. The third kappa shape index (κ3) is 5.57. The number of hydrogen-bond donors (Lipinski definition) is 1. The number of benzene rings is 1. The van der Waals surface area contributed by atoms with E-state index in [-0.39, 0.29) is 0 Å². The van der Waals surface area contributed by atoms with Gasteiger partial charge in [-0.3, -0.25) is 0 Å². The Balaban J connectivity index is 2.15. The molecular formula is C12H19NOS. The van der Waals surface area contributed by atoms with Gasteiger partial charge in [0.15, 0.2) is 0 Å². The second kappa shape index (κ2) is 6.62. The fourth-order valence-corrected chi connectivity index (χ4v) is 1.93. The van der Waals surface area contributed by atoms with Gasteiger partial charge in [0.2, 0.25) is 0 Å². The van der Waals surface area contributed by atoms with E-state index < -0.39 is 0 Å². The lowest BCUT2D eigenvalue weighted by atomic mass is 10.3. The van der Waals surface area contributed by atoms with Crippen molar-refractivity contribution in [2.24, 2.45) is 0 Å². The molecule has 0 saturated carbocycles. The van der Waals surface area contributed by atoms with Crippen LogP contribution in [-0.2, 0) is 0 Å². The maximum atomic E-state index is 5.64. The van der Waals surface area contributed by atoms with Crippen LogP contribution in [0.4, 0.5) is 5.69 Å². The van der Waals surface area contributed by atoms with Crippen molar-refractivity contribution in [3.05, 3.63) is 24.3 Å². The molecule has 0 atom stereocenters. The van der Waals surface area contributed by atoms with Crippen LogP contribution >= 0.6 is 11.8 Å². The molecule has 1 rings (SSSR count). The molecule has 0 aromatic heterocycles. The summed E-state index contributed by atoms with van der Waals surface area (Å²) in [7, 11) is 0. The lowest BCUT2D eigenvalue weighted by molar-refractivity contribution is 0.319. The molecule has 0 fully saturated rings. The zero-order valence-corrected chi connectivity index (χ0v) is 10.2. The third-order valence-corrected chi connectivity index (χ3v) is 3.06. The average molecular weight is 225 g/mol. The van der Waals surface area contributed by atoms with Crippen molar-refractivity contribution in [3.8, 4) is 5.75 Å². The van der Waals surface area contributed by atoms with Crippen LogP contribution in [0, 0.1) is 0 Å². The quantitative estimate of drug-likeness (QED) is 0.596. The first kappa shape index (κ1) is 12.2. The zero-order valence-electron chi connectivity index (χ0n) is 9.40. The third-order valence-electron chi connectivity index (χ3n) is 1.87. The van der Waals surface area contributed by atoms with Gasteiger partial charge in [0.05, 0.1) is 6.61 Å². The molecule has 1 aromatic carbocycles. The topological polar surface area (TPSA) is 35.2 Å². The fourth-order valence-electron chi connectivity index (χ4n) is 1.17. The van der Waals surface area contributed by atoms with E-state index in [2.05, 4.69) is 13.8 Å². The fraction of sp³-hybridized carbons (Fsp3) is 0.500. The lowest BCUT2D eigenvalue weighted by Crippen LogP contribution is -2.00. The lowest BCUT2D eigenvalue weighted by Gasteiger charge is -2.07. The van der Waals surface area contributed by atoms with Crippen LogP contribution in [0.2, 0.25) is 0 Å². The molecule has 0 aliphatic heterocycles. The van der Waals surface area contributed by atoms with Gasteiger partial charge in [-0.1, -0.05) is 19.9 Å². The molecule has 0 heterocycles. The van der Waals surface area contributed by atoms with Gasteiger partial charge >= 0.3 is 0 Å². The van der Waals surface area contributed by atoms with E-state index in [0.717, 1.165) is 30.2 Å². The molecule has 0 saturated heterocycles. The average Bonchev–Trinajstić information content (AvgIpc) is 2.17. The SMILES string of the molecule is CC(C)SCCCOc1cccc(N)c1. The van der Waals surface area contributed by atoms with Crippen LogP contribution in [0.25, 0.3) is 0 Å². The molecule has 84 valence electrons. The van der Waals surface area contributed by atoms with Crippen molar-refractivity contribution in [2.45, 2.75) is 25.5 Å². The number of rotatable bonds is 6. The second-order valence-electron chi connectivity index (χ2n) is 3.69. The van der Waals surface area contributed by atoms with Gasteiger partial charge in [-0.05, 0) is 29.6 Å². The minimum Gasteiger partial charge on any atom is -0.493 e. The number of hydrogen-bond acceptors (Lipinski definition) is 3. The summed E-state index contributed by atoms with van der Waals surface area (Å²) in [5.74, 6) is 2.02. The smallest absolute Gasteiger partial charge is 0.121 e. The summed E-state index contributed by atoms with van der Waals surface area (Å²) < 4.78 is 5.58. The normalized spacial score (nSPS) is 10.6. The molecule has 0 radical (unpaired) electrons. The Kier molecular flexibility index (Phi) is 5.40. The first-order valence-electron chi connectivity index (χ1n) is 5.28. The van der Waals surface area contributed by atoms with Crippen molar-refractivity contribution in [1.29, 1.82) is 0 Å². The van der Waals surface area contributed by atoms with Crippen LogP contribution in [-0.4, -0.2) is 17.6 Å². The van der Waals surface area contributed by atoms with Crippen LogP contribution in [0.5, 0.6) is 5.75 Å². The summed E-state index contributed by atoms with van der Waals surface area (Å²) in [6, 6.07) is 7.57. The largest absolute Gasteiger partial charge is 0.493 e. The molecule has 2 N–H and O–H groups in total. The van der Waals surface area contributed by atoms with E-state index in [1.165, 1.54) is 0 Å². The number of ether oxygens (including phenoxy) is 1. The molecule has 15 heavy (non-hydrogen) atoms. The van der Waals surface area contributed by atoms with E-state index >= 15 is 0 Å². The van der Waals surface area contributed by atoms with Gasteiger partial charge < -0.3 is 10.5 Å². The van der Waals surface area contributed by atoms with E-state index in [9.17, 15) is 0 Å². The van der Waals surface area contributed by atoms with Crippen molar-refractivity contribution in [2.75, 3.05) is 18.1 Å². The molecule has 3 heteroatoms. The maximum Gasteiger partial charge on any atom is 0.121 e. The summed E-state index contributed by atoms with van der Waals surface area (Å²) >= 11 is 1.96. The van der Waals surface area contributed by atoms with E-state index in [0.29, 0.717) is 5.25 Å². The first-order chi connectivity index (χ1) is 7.18. The summed E-state index contributed by atoms with van der Waals surface area (Å²) in [6.07, 6.45) is 1.08. The molecule has 0 aliphatic rings. The summed E-state index contributed by atoms with van der Waals surface area (Å²) in [4.78, 5) is 0. The molecule has 0 unspecified atom stereocenters. The molecule has 0 bridgehead atoms. The number of nitrogens with two attached hydrogens (primary N) is 1. The molecular weight excluding hydrogens is 206 g/mol. The Labute approximate surface area is 96.2 Å². The van der Waals surface area contributed by atoms with E-state index in [4.69, 9.17) is 10.5 Å². The van der Waals surface area contributed by atoms with Gasteiger partial charge in [0, 0.05) is 11.8 Å². The van der Waals surface area contributed by atoms with Crippen molar-refractivity contribution in [3.63, 3.8) is 0 Å². The van der Waals surface area contributed by atoms with Gasteiger partial charge in [-0.15, -0.1) is 0 Å². The van der Waals surface area contributed by atoms with Gasteiger partial charge in [-0.2, -0.15) is 11.8 Å². The maximum absolute atomic E-state index is 5.64. The molecule has 0 aliphatic carbocycles. The highest BCUT2D eigenvalue weighted by molar-refractivity contribution is 7.99. The predicted molar refractivity (Wildman–Crippen MR) is 68.6 cm³/mol. The molecule has 1 aromatic rings. The van der Waals surface area contributed by atoms with E-state index in [1.54, 1.807) is 0 Å². The number of nitrogen functional groups attached to an aromatic ring is 1. The van der Waals surface area contributed by atoms with Crippen molar-refractivity contribution >= 4 is 17.4 Å². The van der Waals surface area contributed by atoms with Gasteiger partial charge in [0.1, 0.15) is 5.75 Å². The zero-order chi connectivity index (χ0) is 11.1. The highest BCUT2D eigenvalue weighted by atomic mass is 32.2. The number of thioether (sulfide) groups is 1. The second-order valence-corrected chi connectivity index (χ2v) is 5.38. The summed E-state index contributed by atoms with van der Waals surface area (Å²) in [5, 5.41) is 0.706. The van der Waals surface area contributed by atoms with Crippen molar-refractivity contribution < 1.29 is 4.74 Å². The molecule has 0 spiro atoms. The summed E-state index contributed by atoms with van der Waals surface area (Å²) in [6.45, 7) is 5.19. The van der Waals surface area contributed by atoms with Crippen LogP contribution < -0.4 is 10.5 Å². The summed E-state index contributed by atoms with van der Waals surface area (Å²) in [5.41, 5.74) is 6.40. The van der Waals surface area contributed by atoms with Crippen LogP contribution in [0.15, 0.2) is 24.3 Å². The predicted octanol–water partition coefficient (Wildman–Crippen LogP) is 3.18. The Bertz CT molecular complexity index is 289. The highest BCUT2D eigenvalue weighted by Gasteiger charge is 1.96.